The molecule has 1 unspecified atom stereocenters. The third-order valence-electron chi connectivity index (χ3n) is 3.21. The Kier molecular flexibility index (Phi) is 5.83. The molecule has 4 heteroatoms. The van der Waals surface area contributed by atoms with Crippen LogP contribution in [0.25, 0.3) is 0 Å². The molecule has 0 heterocycles. The Morgan fingerprint density at radius 2 is 2.11 bits per heavy atom. The smallest absolute Gasteiger partial charge is 0.303 e. The molecule has 3 N–H and O–H groups in total. The Balaban J connectivity index is 2.77. The number of hydrogen-bond acceptors (Lipinski definition) is 3. The monoisotopic (exact) mass is 265 g/mol. The fourth-order valence-electron chi connectivity index (χ4n) is 2.07. The van der Waals surface area contributed by atoms with Crippen LogP contribution in [-0.2, 0) is 4.79 Å². The van der Waals surface area contributed by atoms with E-state index in [1.165, 1.54) is 0 Å². The lowest BCUT2D eigenvalue weighted by molar-refractivity contribution is -0.137. The first-order valence-corrected chi connectivity index (χ1v) is 6.61. The number of rotatable bonds is 7. The van der Waals surface area contributed by atoms with Gasteiger partial charge >= 0.3 is 5.97 Å². The van der Waals surface area contributed by atoms with Crippen LogP contribution in [0.15, 0.2) is 18.2 Å². The number of carboxylic acids is 1. The molecule has 19 heavy (non-hydrogen) atoms. The molecule has 0 saturated heterocycles. The van der Waals surface area contributed by atoms with Crippen molar-refractivity contribution in [1.29, 1.82) is 0 Å². The molecular formula is C15H23NO3. The van der Waals surface area contributed by atoms with E-state index < -0.39 is 5.97 Å². The zero-order valence-corrected chi connectivity index (χ0v) is 11.8. The molecule has 106 valence electrons. The lowest BCUT2D eigenvalue weighted by Gasteiger charge is -2.17. The Bertz CT molecular complexity index is 429. The highest BCUT2D eigenvalue weighted by atomic mass is 16.5. The van der Waals surface area contributed by atoms with Crippen molar-refractivity contribution in [2.45, 2.75) is 45.1 Å². The molecule has 0 aliphatic heterocycles. The van der Waals surface area contributed by atoms with Gasteiger partial charge in [0.15, 0.2) is 0 Å². The normalized spacial score (nSPS) is 12.5. The number of hydrogen-bond donors (Lipinski definition) is 2. The number of methoxy groups -OCH3 is 1. The molecular weight excluding hydrogens is 242 g/mol. The molecule has 4 nitrogen and oxygen atoms in total. The van der Waals surface area contributed by atoms with Gasteiger partial charge < -0.3 is 15.6 Å². The van der Waals surface area contributed by atoms with E-state index in [1.54, 1.807) is 7.11 Å². The quantitative estimate of drug-likeness (QED) is 0.794. The summed E-state index contributed by atoms with van der Waals surface area (Å²) in [6, 6.07) is 5.83. The molecule has 0 spiro atoms. The summed E-state index contributed by atoms with van der Waals surface area (Å²) in [4.78, 5) is 10.5. The number of carboxylic acid groups (broad SMARTS) is 1. The molecule has 0 aliphatic rings. The summed E-state index contributed by atoms with van der Waals surface area (Å²) in [5.41, 5.74) is 8.28. The summed E-state index contributed by atoms with van der Waals surface area (Å²) in [6.07, 6.45) is 1.44. The summed E-state index contributed by atoms with van der Waals surface area (Å²) in [5, 5.41) is 8.62. The van der Waals surface area contributed by atoms with Crippen LogP contribution in [0.4, 0.5) is 0 Å². The molecule has 0 saturated carbocycles. The Labute approximate surface area is 114 Å². The van der Waals surface area contributed by atoms with Crippen molar-refractivity contribution in [3.63, 3.8) is 0 Å². The van der Waals surface area contributed by atoms with Gasteiger partial charge in [0.25, 0.3) is 0 Å². The van der Waals surface area contributed by atoms with Gasteiger partial charge in [0.05, 0.1) is 7.11 Å². The lowest BCUT2D eigenvalue weighted by Crippen LogP contribution is -2.11. The van der Waals surface area contributed by atoms with Crippen LogP contribution in [-0.4, -0.2) is 18.2 Å². The fraction of sp³-hybridized carbons (Fsp3) is 0.533. The zero-order chi connectivity index (χ0) is 14.4. The van der Waals surface area contributed by atoms with Gasteiger partial charge in [0.2, 0.25) is 0 Å². The molecule has 1 rings (SSSR count). The third-order valence-corrected chi connectivity index (χ3v) is 3.21. The molecule has 0 aliphatic carbocycles. The first kappa shape index (κ1) is 15.5. The van der Waals surface area contributed by atoms with Gasteiger partial charge in [-0.3, -0.25) is 4.79 Å². The first-order chi connectivity index (χ1) is 8.95. The average Bonchev–Trinajstić information content (AvgIpc) is 2.37. The average molecular weight is 265 g/mol. The second kappa shape index (κ2) is 7.14. The summed E-state index contributed by atoms with van der Waals surface area (Å²) < 4.78 is 5.34. The van der Waals surface area contributed by atoms with Crippen molar-refractivity contribution in [3.8, 4) is 5.75 Å². The third kappa shape index (κ3) is 4.56. The van der Waals surface area contributed by atoms with E-state index in [1.807, 2.05) is 12.1 Å². The maximum absolute atomic E-state index is 10.5. The molecule has 0 bridgehead atoms. The Morgan fingerprint density at radius 3 is 2.63 bits per heavy atom. The molecule has 1 atom stereocenters. The Hall–Kier alpha value is -1.55. The van der Waals surface area contributed by atoms with E-state index in [4.69, 9.17) is 15.6 Å². The van der Waals surface area contributed by atoms with Crippen molar-refractivity contribution >= 4 is 5.97 Å². The van der Waals surface area contributed by atoms with E-state index in [0.29, 0.717) is 18.8 Å². The van der Waals surface area contributed by atoms with Crippen LogP contribution in [0.3, 0.4) is 0 Å². The van der Waals surface area contributed by atoms with Gasteiger partial charge in [-0.1, -0.05) is 26.0 Å². The fourth-order valence-corrected chi connectivity index (χ4v) is 2.07. The minimum Gasteiger partial charge on any atom is -0.496 e. The van der Waals surface area contributed by atoms with E-state index in [0.717, 1.165) is 16.9 Å². The second-order valence-corrected chi connectivity index (χ2v) is 5.05. The maximum Gasteiger partial charge on any atom is 0.303 e. The summed E-state index contributed by atoms with van der Waals surface area (Å²) in [7, 11) is 1.66. The number of nitrogens with two attached hydrogens (primary N) is 1. The van der Waals surface area contributed by atoms with Gasteiger partial charge in [-0.05, 0) is 36.0 Å². The lowest BCUT2D eigenvalue weighted by atomic mass is 9.95. The molecule has 0 fully saturated rings. The van der Waals surface area contributed by atoms with Crippen molar-refractivity contribution in [2.75, 3.05) is 7.11 Å². The summed E-state index contributed by atoms with van der Waals surface area (Å²) in [5.74, 6) is 0.461. The number of carbonyl (C=O) groups is 1. The van der Waals surface area contributed by atoms with Gasteiger partial charge in [-0.25, -0.2) is 0 Å². The second-order valence-electron chi connectivity index (χ2n) is 5.05. The van der Waals surface area contributed by atoms with Crippen LogP contribution in [0.1, 0.15) is 56.2 Å². The Morgan fingerprint density at radius 1 is 1.42 bits per heavy atom. The highest BCUT2D eigenvalue weighted by Crippen LogP contribution is 2.29. The summed E-state index contributed by atoms with van der Waals surface area (Å²) in [6.45, 7) is 4.22. The predicted octanol–water partition coefficient (Wildman–Crippen LogP) is 3.07. The molecule has 0 radical (unpaired) electrons. The van der Waals surface area contributed by atoms with Gasteiger partial charge in [0, 0.05) is 12.5 Å². The van der Waals surface area contributed by atoms with Crippen LogP contribution < -0.4 is 10.5 Å². The molecule has 0 aromatic heterocycles. The highest BCUT2D eigenvalue weighted by molar-refractivity contribution is 5.66. The van der Waals surface area contributed by atoms with Gasteiger partial charge in [0.1, 0.15) is 5.75 Å². The number of benzene rings is 1. The topological polar surface area (TPSA) is 72.5 Å². The van der Waals surface area contributed by atoms with E-state index in [2.05, 4.69) is 19.9 Å². The van der Waals surface area contributed by atoms with Crippen molar-refractivity contribution in [3.05, 3.63) is 29.3 Å². The SMILES string of the molecule is COc1ccc(C(N)CCCC(=O)O)cc1C(C)C. The van der Waals surface area contributed by atoms with Crippen LogP contribution >= 0.6 is 0 Å². The largest absolute Gasteiger partial charge is 0.496 e. The summed E-state index contributed by atoms with van der Waals surface area (Å²) >= 11 is 0. The van der Waals surface area contributed by atoms with Crippen molar-refractivity contribution in [2.24, 2.45) is 5.73 Å². The maximum atomic E-state index is 10.5. The zero-order valence-electron chi connectivity index (χ0n) is 11.8. The number of ether oxygens (including phenoxy) is 1. The van der Waals surface area contributed by atoms with E-state index in [9.17, 15) is 4.79 Å². The predicted molar refractivity (Wildman–Crippen MR) is 75.5 cm³/mol. The standard InChI is InChI=1S/C15H23NO3/c1-10(2)12-9-11(7-8-14(12)19-3)13(16)5-4-6-15(17)18/h7-10,13H,4-6,16H2,1-3H3,(H,17,18). The highest BCUT2D eigenvalue weighted by Gasteiger charge is 2.12. The molecule has 0 amide bonds. The van der Waals surface area contributed by atoms with Crippen LogP contribution in [0.5, 0.6) is 5.75 Å². The minimum atomic E-state index is -0.773. The van der Waals surface area contributed by atoms with Gasteiger partial charge in [-0.15, -0.1) is 0 Å². The number of aliphatic carboxylic acids is 1. The van der Waals surface area contributed by atoms with E-state index in [-0.39, 0.29) is 12.5 Å². The first-order valence-electron chi connectivity index (χ1n) is 6.61. The van der Waals surface area contributed by atoms with Crippen LogP contribution in [0.2, 0.25) is 0 Å². The van der Waals surface area contributed by atoms with Crippen molar-refractivity contribution < 1.29 is 14.6 Å². The van der Waals surface area contributed by atoms with Crippen molar-refractivity contribution in [1.82, 2.24) is 0 Å². The molecule has 1 aromatic carbocycles. The minimum absolute atomic E-state index is 0.122. The molecule has 1 aromatic rings. The van der Waals surface area contributed by atoms with E-state index >= 15 is 0 Å². The van der Waals surface area contributed by atoms with Crippen LogP contribution in [0, 0.1) is 0 Å². The van der Waals surface area contributed by atoms with Gasteiger partial charge in [-0.2, -0.15) is 0 Å².